The Labute approximate surface area is 223 Å². The lowest BCUT2D eigenvalue weighted by atomic mass is 10.2. The molecule has 3 aromatic heterocycles. The van der Waals surface area contributed by atoms with Gasteiger partial charge >= 0.3 is 11.9 Å². The summed E-state index contributed by atoms with van der Waals surface area (Å²) in [7, 11) is 0. The first kappa shape index (κ1) is 26.6. The van der Waals surface area contributed by atoms with Gasteiger partial charge in [0.05, 0.1) is 12.2 Å². The molecule has 1 aliphatic rings. The van der Waals surface area contributed by atoms with E-state index in [1.54, 1.807) is 12.1 Å². The number of alkyl halides is 3. The highest BCUT2D eigenvalue weighted by Gasteiger charge is 2.39. The summed E-state index contributed by atoms with van der Waals surface area (Å²) in [5, 5.41) is 21.4. The second-order valence-corrected chi connectivity index (χ2v) is 9.55. The Balaban J connectivity index is 1.42. The van der Waals surface area contributed by atoms with Crippen molar-refractivity contribution in [3.8, 4) is 17.2 Å². The number of hydrogen-bond donors (Lipinski definition) is 2. The molecule has 1 atom stereocenters. The van der Waals surface area contributed by atoms with Crippen molar-refractivity contribution in [3.63, 3.8) is 0 Å². The largest absolute Gasteiger partial charge is 0.416 e. The molecule has 5 rings (SSSR count). The Kier molecular flexibility index (Phi) is 7.23. The van der Waals surface area contributed by atoms with E-state index >= 15 is 0 Å². The van der Waals surface area contributed by atoms with Crippen molar-refractivity contribution in [2.45, 2.75) is 44.6 Å². The number of carbonyl (C=O) groups is 1. The second-order valence-electron chi connectivity index (χ2n) is 9.11. The minimum Gasteiger partial charge on any atom is -0.382 e. The molecule has 1 fully saturated rings. The van der Waals surface area contributed by atoms with E-state index in [-0.39, 0.29) is 24.1 Å². The first-order chi connectivity index (χ1) is 18.6. The van der Waals surface area contributed by atoms with Gasteiger partial charge in [0.1, 0.15) is 12.9 Å². The van der Waals surface area contributed by atoms with Crippen molar-refractivity contribution < 1.29 is 23.1 Å². The molecule has 0 bridgehead atoms. The van der Waals surface area contributed by atoms with Crippen molar-refractivity contribution in [1.82, 2.24) is 34.1 Å². The third-order valence-corrected chi connectivity index (χ3v) is 6.29. The molecule has 1 aliphatic carbocycles. The van der Waals surface area contributed by atoms with Crippen LogP contribution in [0.4, 0.5) is 18.9 Å². The number of nitrogens with one attached hydrogen (secondary N) is 1. The minimum atomic E-state index is -4.94. The quantitative estimate of drug-likeness (QED) is 0.320. The first-order valence-electron chi connectivity index (χ1n) is 11.9. The van der Waals surface area contributed by atoms with Crippen LogP contribution >= 0.6 is 11.6 Å². The lowest BCUT2D eigenvalue weighted by molar-refractivity contribution is -0.207. The number of aromatic nitrogens is 7. The summed E-state index contributed by atoms with van der Waals surface area (Å²) in [6.07, 6.45) is -2.38. The fourth-order valence-electron chi connectivity index (χ4n) is 3.87. The predicted molar refractivity (Wildman–Crippen MR) is 133 cm³/mol. The number of carbonyl (C=O) groups excluding carboxylic acids is 1. The zero-order chi connectivity index (χ0) is 27.7. The highest BCUT2D eigenvalue weighted by Crippen LogP contribution is 2.32. The van der Waals surface area contributed by atoms with Crippen LogP contribution in [-0.2, 0) is 17.9 Å². The number of amides is 1. The number of halogens is 4. The van der Waals surface area contributed by atoms with Crippen LogP contribution in [0.1, 0.15) is 25.1 Å². The molecule has 0 unspecified atom stereocenters. The van der Waals surface area contributed by atoms with Crippen molar-refractivity contribution in [3.05, 3.63) is 70.3 Å². The third kappa shape index (κ3) is 6.17. The summed E-state index contributed by atoms with van der Waals surface area (Å²) in [4.78, 5) is 33.8. The number of nitrogens with zero attached hydrogens (tertiary/aromatic N) is 7. The molecule has 1 saturated carbocycles. The van der Waals surface area contributed by atoms with Crippen molar-refractivity contribution >= 4 is 23.2 Å². The molecule has 15 heteroatoms. The van der Waals surface area contributed by atoms with Crippen LogP contribution in [0, 0.1) is 5.92 Å². The van der Waals surface area contributed by atoms with Crippen LogP contribution in [-0.4, -0.2) is 57.4 Å². The van der Waals surface area contributed by atoms with Crippen LogP contribution < -0.4 is 11.0 Å². The normalized spacial score (nSPS) is 14.4. The molecular weight excluding hydrogens is 541 g/mol. The number of hydrogen-bond acceptors (Lipinski definition) is 7. The second kappa shape index (κ2) is 10.6. The minimum absolute atomic E-state index is 0.0928. The number of rotatable bonds is 9. The molecule has 0 aliphatic heterocycles. The lowest BCUT2D eigenvalue weighted by Crippen LogP contribution is -2.37. The fraction of sp³-hybridized carbons (Fsp3) is 0.333. The van der Waals surface area contributed by atoms with Gasteiger partial charge in [0.25, 0.3) is 0 Å². The van der Waals surface area contributed by atoms with Crippen molar-refractivity contribution in [2.75, 3.05) is 5.32 Å². The van der Waals surface area contributed by atoms with Crippen LogP contribution in [0.25, 0.3) is 17.2 Å². The van der Waals surface area contributed by atoms with Gasteiger partial charge in [0, 0.05) is 23.2 Å². The zero-order valence-corrected chi connectivity index (χ0v) is 21.0. The van der Waals surface area contributed by atoms with Gasteiger partial charge in [-0.2, -0.15) is 13.2 Å². The van der Waals surface area contributed by atoms with Crippen LogP contribution in [0.2, 0.25) is 5.02 Å². The van der Waals surface area contributed by atoms with E-state index in [0.29, 0.717) is 34.4 Å². The molecule has 0 spiro atoms. The standard InChI is InChI=1S/C24H22ClF3N8O3/c25-16-7-5-15(6-8-16)21-33-35(23(39)34(21)11-18(37)24(26,27)28)12-19-30-13-36(32-19)22-17(2-1-9-29-22)31-20(38)10-14-3-4-14/h1-2,5-9,13-14,18,37H,3-4,10-12H2,(H,31,38)/t18-/m0/s1. The van der Waals surface area contributed by atoms with Gasteiger partial charge in [-0.1, -0.05) is 11.6 Å². The highest BCUT2D eigenvalue weighted by molar-refractivity contribution is 6.30. The smallest absolute Gasteiger partial charge is 0.382 e. The molecule has 3 heterocycles. The van der Waals surface area contributed by atoms with Gasteiger partial charge in [-0.15, -0.1) is 10.2 Å². The summed E-state index contributed by atoms with van der Waals surface area (Å²) < 4.78 is 42.2. The van der Waals surface area contributed by atoms with E-state index in [9.17, 15) is 27.9 Å². The Bertz CT molecular complexity index is 1540. The van der Waals surface area contributed by atoms with Crippen LogP contribution in [0.15, 0.2) is 53.7 Å². The monoisotopic (exact) mass is 562 g/mol. The Hall–Kier alpha value is -4.04. The Morgan fingerprint density at radius 3 is 2.59 bits per heavy atom. The lowest BCUT2D eigenvalue weighted by Gasteiger charge is -2.15. The van der Waals surface area contributed by atoms with Gasteiger partial charge < -0.3 is 10.4 Å². The Morgan fingerprint density at radius 1 is 1.15 bits per heavy atom. The number of anilines is 1. The summed E-state index contributed by atoms with van der Waals surface area (Å²) in [6, 6.07) is 9.33. The summed E-state index contributed by atoms with van der Waals surface area (Å²) in [5.74, 6) is 0.580. The highest BCUT2D eigenvalue weighted by atomic mass is 35.5. The fourth-order valence-corrected chi connectivity index (χ4v) is 3.99. The van der Waals surface area contributed by atoms with Gasteiger partial charge in [-0.3, -0.25) is 9.36 Å². The molecule has 1 amide bonds. The molecular formula is C24H22ClF3N8O3. The maximum Gasteiger partial charge on any atom is 0.416 e. The van der Waals surface area contributed by atoms with E-state index in [1.807, 2.05) is 0 Å². The van der Waals surface area contributed by atoms with Gasteiger partial charge in [0.15, 0.2) is 23.6 Å². The van der Waals surface area contributed by atoms with E-state index in [1.165, 1.54) is 41.5 Å². The molecule has 1 aromatic carbocycles. The van der Waals surface area contributed by atoms with Gasteiger partial charge in [-0.25, -0.2) is 24.1 Å². The topological polar surface area (TPSA) is 133 Å². The Morgan fingerprint density at radius 2 is 1.90 bits per heavy atom. The first-order valence-corrected chi connectivity index (χ1v) is 12.3. The third-order valence-electron chi connectivity index (χ3n) is 6.04. The zero-order valence-electron chi connectivity index (χ0n) is 20.2. The SMILES string of the molecule is O=C(CC1CC1)Nc1cccnc1-n1cnc(Cn2nc(-c3ccc(Cl)cc3)n(C[C@H](O)C(F)(F)F)c2=O)n1. The predicted octanol–water partition coefficient (Wildman–Crippen LogP) is 3.05. The average molecular weight is 563 g/mol. The van der Waals surface area contributed by atoms with Crippen molar-refractivity contribution in [2.24, 2.45) is 5.92 Å². The molecule has 0 saturated heterocycles. The summed E-state index contributed by atoms with van der Waals surface area (Å²) >= 11 is 5.91. The molecule has 11 nitrogen and oxygen atoms in total. The number of aliphatic hydroxyl groups is 1. The maximum absolute atomic E-state index is 13.1. The number of aliphatic hydroxyl groups excluding tert-OH is 1. The van der Waals surface area contributed by atoms with Crippen LogP contribution in [0.5, 0.6) is 0 Å². The molecule has 4 aromatic rings. The molecule has 0 radical (unpaired) electrons. The summed E-state index contributed by atoms with van der Waals surface area (Å²) in [5.41, 5.74) is -0.152. The van der Waals surface area contributed by atoms with E-state index in [0.717, 1.165) is 22.1 Å². The van der Waals surface area contributed by atoms with Crippen molar-refractivity contribution in [1.29, 1.82) is 0 Å². The summed E-state index contributed by atoms with van der Waals surface area (Å²) in [6.45, 7) is -1.34. The maximum atomic E-state index is 13.1. The van der Waals surface area contributed by atoms with E-state index in [4.69, 9.17) is 11.6 Å². The number of benzene rings is 1. The van der Waals surface area contributed by atoms with Gasteiger partial charge in [0.2, 0.25) is 5.91 Å². The van der Waals surface area contributed by atoms with Crippen LogP contribution in [0.3, 0.4) is 0 Å². The number of pyridine rings is 1. The van der Waals surface area contributed by atoms with E-state index < -0.39 is 24.5 Å². The van der Waals surface area contributed by atoms with E-state index in [2.05, 4.69) is 25.5 Å². The van der Waals surface area contributed by atoms with Gasteiger partial charge in [-0.05, 0) is 55.2 Å². The molecule has 2 N–H and O–H groups in total. The molecule has 204 valence electrons. The molecule has 39 heavy (non-hydrogen) atoms. The average Bonchev–Trinajstić information content (AvgIpc) is 3.49.